The number of rotatable bonds is 5. The summed E-state index contributed by atoms with van der Waals surface area (Å²) >= 11 is 0. The molecule has 0 N–H and O–H groups in total. The first-order valence-corrected chi connectivity index (χ1v) is 9.52. The molecule has 1 saturated carbocycles. The van der Waals surface area contributed by atoms with Crippen molar-refractivity contribution in [2.45, 2.75) is 51.2 Å². The van der Waals surface area contributed by atoms with Gasteiger partial charge in [-0.05, 0) is 31.0 Å². The molecule has 4 rings (SSSR count). The summed E-state index contributed by atoms with van der Waals surface area (Å²) in [5.74, 6) is 0.332. The first-order valence-electron chi connectivity index (χ1n) is 9.52. The van der Waals surface area contributed by atoms with Gasteiger partial charge in [0.15, 0.2) is 23.5 Å². The average Bonchev–Trinajstić information content (AvgIpc) is 3.34. The number of carbonyl (C=O) groups is 1. The Morgan fingerprint density at radius 3 is 2.46 bits per heavy atom. The first-order chi connectivity index (χ1) is 13.6. The largest absolute Gasteiger partial charge is 0.433 e. The van der Waals surface area contributed by atoms with E-state index in [1.807, 2.05) is 35.2 Å². The van der Waals surface area contributed by atoms with Crippen LogP contribution in [0.15, 0.2) is 52.0 Å². The van der Waals surface area contributed by atoms with Crippen LogP contribution in [0.25, 0.3) is 0 Å². The minimum atomic E-state index is -0.553. The van der Waals surface area contributed by atoms with E-state index in [4.69, 9.17) is 4.42 Å². The molecule has 146 valence electrons. The van der Waals surface area contributed by atoms with Crippen molar-refractivity contribution in [2.75, 3.05) is 5.01 Å². The number of hydrazone groups is 1. The van der Waals surface area contributed by atoms with Crippen LogP contribution in [-0.4, -0.2) is 27.5 Å². The molecule has 0 bridgehead atoms. The predicted molar refractivity (Wildman–Crippen MR) is 104 cm³/mol. The SMILES string of the molecule is CC(=O)C1=NN(c2ccccc2)[C@@H](c2ccc([N+](=O)[O-])o2)N1C1CCCCC1. The fourth-order valence-electron chi connectivity index (χ4n) is 4.04. The summed E-state index contributed by atoms with van der Waals surface area (Å²) in [7, 11) is 0. The number of hydrogen-bond acceptors (Lipinski definition) is 7. The third-order valence-corrected chi connectivity index (χ3v) is 5.29. The molecule has 8 heteroatoms. The molecule has 0 unspecified atom stereocenters. The number of nitrogens with zero attached hydrogens (tertiary/aromatic N) is 4. The molecule has 2 heterocycles. The van der Waals surface area contributed by atoms with Crippen molar-refractivity contribution in [2.24, 2.45) is 5.10 Å². The fourth-order valence-corrected chi connectivity index (χ4v) is 4.04. The van der Waals surface area contributed by atoms with E-state index in [-0.39, 0.29) is 17.7 Å². The number of benzene rings is 1. The van der Waals surface area contributed by atoms with Gasteiger partial charge in [0.2, 0.25) is 0 Å². The number of carbonyl (C=O) groups excluding carboxylic acids is 1. The lowest BCUT2D eigenvalue weighted by Crippen LogP contribution is -2.45. The monoisotopic (exact) mass is 382 g/mol. The van der Waals surface area contributed by atoms with Gasteiger partial charge in [0.25, 0.3) is 0 Å². The predicted octanol–water partition coefficient (Wildman–Crippen LogP) is 4.24. The third-order valence-electron chi connectivity index (χ3n) is 5.29. The second-order valence-corrected chi connectivity index (χ2v) is 7.17. The van der Waals surface area contributed by atoms with Crippen molar-refractivity contribution < 1.29 is 14.1 Å². The zero-order valence-corrected chi connectivity index (χ0v) is 15.7. The molecule has 0 spiro atoms. The number of anilines is 1. The minimum Gasteiger partial charge on any atom is -0.401 e. The van der Waals surface area contributed by atoms with Crippen molar-refractivity contribution in [1.82, 2.24) is 4.90 Å². The smallest absolute Gasteiger partial charge is 0.401 e. The van der Waals surface area contributed by atoms with Crippen LogP contribution in [-0.2, 0) is 4.79 Å². The van der Waals surface area contributed by atoms with Crippen molar-refractivity contribution in [3.8, 4) is 0 Å². The summed E-state index contributed by atoms with van der Waals surface area (Å²) in [6.45, 7) is 1.50. The van der Waals surface area contributed by atoms with Crippen LogP contribution in [0.2, 0.25) is 0 Å². The molecule has 0 saturated heterocycles. The Labute approximate surface area is 162 Å². The van der Waals surface area contributed by atoms with Crippen molar-refractivity contribution in [1.29, 1.82) is 0 Å². The zero-order chi connectivity index (χ0) is 19.7. The van der Waals surface area contributed by atoms with Crippen LogP contribution >= 0.6 is 0 Å². The summed E-state index contributed by atoms with van der Waals surface area (Å²) in [6.07, 6.45) is 4.72. The highest BCUT2D eigenvalue weighted by atomic mass is 16.6. The number of nitro groups is 1. The van der Waals surface area contributed by atoms with E-state index in [1.54, 1.807) is 11.1 Å². The maximum absolute atomic E-state index is 12.4. The Hall–Kier alpha value is -3.16. The zero-order valence-electron chi connectivity index (χ0n) is 15.7. The Kier molecular flexibility index (Phi) is 4.85. The Bertz CT molecular complexity index is 902. The van der Waals surface area contributed by atoms with Gasteiger partial charge < -0.3 is 9.32 Å². The second-order valence-electron chi connectivity index (χ2n) is 7.17. The second kappa shape index (κ2) is 7.46. The Balaban J connectivity index is 1.81. The van der Waals surface area contributed by atoms with E-state index in [2.05, 4.69) is 5.10 Å². The van der Waals surface area contributed by atoms with Crippen LogP contribution in [0, 0.1) is 10.1 Å². The lowest BCUT2D eigenvalue weighted by molar-refractivity contribution is -0.402. The summed E-state index contributed by atoms with van der Waals surface area (Å²) < 4.78 is 5.56. The van der Waals surface area contributed by atoms with Gasteiger partial charge in [0, 0.05) is 13.0 Å². The molecular weight excluding hydrogens is 360 g/mol. The lowest BCUT2D eigenvalue weighted by atomic mass is 9.93. The third kappa shape index (κ3) is 3.26. The van der Waals surface area contributed by atoms with Crippen LogP contribution in [0.5, 0.6) is 0 Å². The quantitative estimate of drug-likeness (QED) is 0.567. The maximum Gasteiger partial charge on any atom is 0.433 e. The molecule has 1 atom stereocenters. The normalized spacial score (nSPS) is 20.3. The van der Waals surface area contributed by atoms with Gasteiger partial charge in [-0.3, -0.25) is 14.9 Å². The van der Waals surface area contributed by atoms with Gasteiger partial charge in [-0.1, -0.05) is 37.5 Å². The van der Waals surface area contributed by atoms with E-state index in [1.165, 1.54) is 19.4 Å². The number of furan rings is 1. The van der Waals surface area contributed by atoms with E-state index < -0.39 is 11.1 Å². The molecule has 1 aliphatic heterocycles. The summed E-state index contributed by atoms with van der Waals surface area (Å²) in [5.41, 5.74) is 0.795. The van der Waals surface area contributed by atoms with Crippen LogP contribution in [0.3, 0.4) is 0 Å². The number of hydrogen-bond donors (Lipinski definition) is 0. The van der Waals surface area contributed by atoms with Gasteiger partial charge >= 0.3 is 5.88 Å². The highest BCUT2D eigenvalue weighted by molar-refractivity contribution is 6.38. The molecule has 28 heavy (non-hydrogen) atoms. The molecular formula is C20H22N4O4. The van der Waals surface area contributed by atoms with Gasteiger partial charge in [-0.25, -0.2) is 5.01 Å². The fraction of sp³-hybridized carbons (Fsp3) is 0.400. The van der Waals surface area contributed by atoms with E-state index >= 15 is 0 Å². The van der Waals surface area contributed by atoms with Crippen molar-refractivity contribution >= 4 is 23.2 Å². The molecule has 0 amide bonds. The summed E-state index contributed by atoms with van der Waals surface area (Å²) in [5, 5.41) is 17.5. The molecule has 1 aromatic heterocycles. The number of Topliss-reactive ketones (excluding diaryl/α,β-unsaturated/α-hetero) is 1. The van der Waals surface area contributed by atoms with Crippen LogP contribution in [0.1, 0.15) is 51.0 Å². The molecule has 1 aliphatic carbocycles. The molecule has 2 aliphatic rings. The average molecular weight is 382 g/mol. The highest BCUT2D eigenvalue weighted by Gasteiger charge is 2.44. The van der Waals surface area contributed by atoms with Crippen molar-refractivity contribution in [3.63, 3.8) is 0 Å². The number of ketones is 1. The van der Waals surface area contributed by atoms with E-state index in [0.29, 0.717) is 11.6 Å². The van der Waals surface area contributed by atoms with Gasteiger partial charge in [0.1, 0.15) is 4.92 Å². The molecule has 8 nitrogen and oxygen atoms in total. The molecule has 1 aromatic carbocycles. The molecule has 2 aromatic rings. The standard InChI is InChI=1S/C20H22N4O4/c1-14(25)19-21-23(16-10-6-3-7-11-16)20(17-12-13-18(28-17)24(26)27)22(19)15-8-4-2-5-9-15/h3,6-7,10-13,15,20H,2,4-5,8-9H2,1H3/t20-/m0/s1. The van der Waals surface area contributed by atoms with Crippen LogP contribution < -0.4 is 5.01 Å². The van der Waals surface area contributed by atoms with Gasteiger partial charge in [0.05, 0.1) is 11.8 Å². The van der Waals surface area contributed by atoms with Crippen molar-refractivity contribution in [3.05, 3.63) is 58.3 Å². The summed E-state index contributed by atoms with van der Waals surface area (Å²) in [6, 6.07) is 12.6. The van der Waals surface area contributed by atoms with Gasteiger partial charge in [-0.15, -0.1) is 5.10 Å². The van der Waals surface area contributed by atoms with E-state index in [9.17, 15) is 14.9 Å². The topological polar surface area (TPSA) is 92.2 Å². The van der Waals surface area contributed by atoms with Crippen LogP contribution in [0.4, 0.5) is 11.6 Å². The maximum atomic E-state index is 12.4. The van der Waals surface area contributed by atoms with E-state index in [0.717, 1.165) is 31.4 Å². The number of para-hydroxylation sites is 1. The van der Waals surface area contributed by atoms with Gasteiger partial charge in [-0.2, -0.15) is 0 Å². The summed E-state index contributed by atoms with van der Waals surface area (Å²) in [4.78, 5) is 25.0. The Morgan fingerprint density at radius 2 is 1.86 bits per heavy atom. The first kappa shape index (κ1) is 18.2. The minimum absolute atomic E-state index is 0.130. The highest BCUT2D eigenvalue weighted by Crippen LogP contribution is 2.41. The molecule has 1 fully saturated rings. The molecule has 0 radical (unpaired) electrons. The Morgan fingerprint density at radius 1 is 1.14 bits per heavy atom. The lowest BCUT2D eigenvalue weighted by Gasteiger charge is -2.37. The number of amidine groups is 1.